The molecule has 0 amide bonds. The first kappa shape index (κ1) is 25.7. The van der Waals surface area contributed by atoms with Gasteiger partial charge in [-0.3, -0.25) is 0 Å². The Kier molecular flexibility index (Phi) is 11.4. The minimum absolute atomic E-state index is 0.169. The molecule has 0 atom stereocenters. The van der Waals surface area contributed by atoms with Crippen LogP contribution in [0.4, 0.5) is 5.13 Å². The first-order chi connectivity index (χ1) is 14.9. The number of nitrogens with one attached hydrogen (secondary N) is 1. The lowest BCUT2D eigenvalue weighted by molar-refractivity contribution is -0.146. The van der Waals surface area contributed by atoms with E-state index in [1.165, 1.54) is 34.8 Å². The number of thiazole rings is 1. The van der Waals surface area contributed by atoms with Crippen molar-refractivity contribution in [3.05, 3.63) is 46.6 Å². The van der Waals surface area contributed by atoms with Crippen molar-refractivity contribution in [2.24, 2.45) is 0 Å². The van der Waals surface area contributed by atoms with Gasteiger partial charge in [-0.2, -0.15) is 0 Å². The molecule has 2 rings (SSSR count). The molecule has 0 radical (unpaired) electrons. The van der Waals surface area contributed by atoms with Gasteiger partial charge in [-0.1, -0.05) is 13.8 Å². The molecule has 0 saturated carbocycles. The van der Waals surface area contributed by atoms with Crippen LogP contribution in [0.5, 0.6) is 0 Å². The average Bonchev–Trinajstić information content (AvgIpc) is 3.17. The molecular formula is C20H26N4O6S. The predicted molar refractivity (Wildman–Crippen MR) is 115 cm³/mol. The Morgan fingerprint density at radius 2 is 1.61 bits per heavy atom. The standard InChI is InChI=1S/C15H22N2O4S.C5H4N2O2/c1-5-11-12(6-2)22-15(17-11)16-9-10(13(18)20-7-3)14(19)21-8-4;8-5(9)4-6-2-1-3-7-4/h9H,5-8H2,1-4H3,(H,16,17);1-3H,(H,8,9). The van der Waals surface area contributed by atoms with E-state index in [9.17, 15) is 14.4 Å². The van der Waals surface area contributed by atoms with Crippen molar-refractivity contribution in [2.45, 2.75) is 40.5 Å². The number of aryl methyl sites for hydroxylation is 2. The van der Waals surface area contributed by atoms with Crippen molar-refractivity contribution in [3.8, 4) is 0 Å². The molecular weight excluding hydrogens is 424 g/mol. The van der Waals surface area contributed by atoms with Gasteiger partial charge in [-0.15, -0.1) is 11.3 Å². The molecule has 11 heteroatoms. The topological polar surface area (TPSA) is 141 Å². The van der Waals surface area contributed by atoms with Gasteiger partial charge < -0.3 is 19.9 Å². The minimum Gasteiger partial charge on any atom is -0.475 e. The third kappa shape index (κ3) is 8.51. The maximum absolute atomic E-state index is 11.8. The smallest absolute Gasteiger partial charge is 0.373 e. The highest BCUT2D eigenvalue weighted by molar-refractivity contribution is 7.15. The summed E-state index contributed by atoms with van der Waals surface area (Å²) in [6.07, 6.45) is 5.81. The first-order valence-corrected chi connectivity index (χ1v) is 10.5. The van der Waals surface area contributed by atoms with Crippen LogP contribution in [0.1, 0.15) is 48.9 Å². The second-order valence-corrected chi connectivity index (χ2v) is 6.70. The first-order valence-electron chi connectivity index (χ1n) is 9.67. The number of aromatic carboxylic acids is 1. The van der Waals surface area contributed by atoms with Crippen LogP contribution >= 0.6 is 11.3 Å². The number of carbonyl (C=O) groups is 3. The SMILES string of the molecule is CCOC(=O)C(=CNc1nc(CC)c(CC)s1)C(=O)OCC.O=C(O)c1ncccn1. The highest BCUT2D eigenvalue weighted by Crippen LogP contribution is 2.24. The lowest BCUT2D eigenvalue weighted by atomic mass is 10.2. The van der Waals surface area contributed by atoms with Crippen molar-refractivity contribution in [3.63, 3.8) is 0 Å². The Morgan fingerprint density at radius 3 is 2.00 bits per heavy atom. The molecule has 168 valence electrons. The van der Waals surface area contributed by atoms with Gasteiger partial charge in [0, 0.05) is 23.5 Å². The van der Waals surface area contributed by atoms with Gasteiger partial charge in [0.1, 0.15) is 0 Å². The molecule has 0 aliphatic carbocycles. The number of carbonyl (C=O) groups excluding carboxylic acids is 2. The van der Waals surface area contributed by atoms with Gasteiger partial charge in [0.2, 0.25) is 5.82 Å². The largest absolute Gasteiger partial charge is 0.475 e. The number of nitrogens with zero attached hydrogens (tertiary/aromatic N) is 3. The fraction of sp³-hybridized carbons (Fsp3) is 0.400. The van der Waals surface area contributed by atoms with Crippen molar-refractivity contribution in [2.75, 3.05) is 18.5 Å². The highest BCUT2D eigenvalue weighted by atomic mass is 32.1. The molecule has 2 heterocycles. The summed E-state index contributed by atoms with van der Waals surface area (Å²) in [6.45, 7) is 7.83. The summed E-state index contributed by atoms with van der Waals surface area (Å²) in [5, 5.41) is 11.8. The van der Waals surface area contributed by atoms with E-state index in [2.05, 4.69) is 27.2 Å². The number of aromatic nitrogens is 3. The Morgan fingerprint density at radius 1 is 1.03 bits per heavy atom. The molecule has 0 spiro atoms. The van der Waals surface area contributed by atoms with E-state index in [4.69, 9.17) is 14.6 Å². The lowest BCUT2D eigenvalue weighted by Crippen LogP contribution is -2.19. The van der Waals surface area contributed by atoms with Gasteiger partial charge in [0.25, 0.3) is 0 Å². The number of rotatable bonds is 9. The molecule has 2 aromatic heterocycles. The highest BCUT2D eigenvalue weighted by Gasteiger charge is 2.21. The second kappa shape index (κ2) is 13.8. The van der Waals surface area contributed by atoms with Crippen LogP contribution < -0.4 is 5.32 Å². The zero-order valence-electron chi connectivity index (χ0n) is 17.9. The van der Waals surface area contributed by atoms with E-state index < -0.39 is 17.9 Å². The van der Waals surface area contributed by atoms with Crippen LogP contribution in [-0.4, -0.2) is 51.2 Å². The molecule has 0 aliphatic rings. The Balaban J connectivity index is 0.000000442. The zero-order valence-corrected chi connectivity index (χ0v) is 18.7. The van der Waals surface area contributed by atoms with Crippen molar-refractivity contribution in [1.82, 2.24) is 15.0 Å². The third-order valence-corrected chi connectivity index (χ3v) is 4.70. The van der Waals surface area contributed by atoms with Gasteiger partial charge in [-0.05, 0) is 32.8 Å². The number of hydrogen-bond acceptors (Lipinski definition) is 10. The molecule has 0 unspecified atom stereocenters. The Hall–Kier alpha value is -3.34. The number of esters is 2. The van der Waals surface area contributed by atoms with E-state index in [1.807, 2.05) is 6.92 Å². The molecule has 0 aromatic carbocycles. The minimum atomic E-state index is -1.10. The summed E-state index contributed by atoms with van der Waals surface area (Å²) in [6, 6.07) is 1.56. The summed E-state index contributed by atoms with van der Waals surface area (Å²) >= 11 is 1.51. The van der Waals surface area contributed by atoms with E-state index in [-0.39, 0.29) is 24.6 Å². The number of ether oxygens (including phenoxy) is 2. The Bertz CT molecular complexity index is 857. The third-order valence-electron chi connectivity index (χ3n) is 3.52. The van der Waals surface area contributed by atoms with Crippen LogP contribution in [0.3, 0.4) is 0 Å². The van der Waals surface area contributed by atoms with Gasteiger partial charge in [-0.25, -0.2) is 29.3 Å². The van der Waals surface area contributed by atoms with E-state index in [0.717, 1.165) is 18.5 Å². The van der Waals surface area contributed by atoms with Crippen LogP contribution in [0.15, 0.2) is 30.2 Å². The van der Waals surface area contributed by atoms with Crippen LogP contribution in [-0.2, 0) is 31.9 Å². The summed E-state index contributed by atoms with van der Waals surface area (Å²) in [7, 11) is 0. The Labute approximate surface area is 184 Å². The van der Waals surface area contributed by atoms with E-state index in [0.29, 0.717) is 5.13 Å². The van der Waals surface area contributed by atoms with Crippen LogP contribution in [0, 0.1) is 0 Å². The molecule has 31 heavy (non-hydrogen) atoms. The van der Waals surface area contributed by atoms with Gasteiger partial charge in [0.05, 0.1) is 18.9 Å². The normalized spacial score (nSPS) is 9.68. The maximum atomic E-state index is 11.8. The van der Waals surface area contributed by atoms with E-state index in [1.54, 1.807) is 19.9 Å². The predicted octanol–water partition coefficient (Wildman–Crippen LogP) is 2.86. The maximum Gasteiger partial charge on any atom is 0.373 e. The summed E-state index contributed by atoms with van der Waals surface area (Å²) in [4.78, 5) is 46.3. The van der Waals surface area contributed by atoms with Crippen molar-refractivity contribution >= 4 is 34.4 Å². The molecule has 0 fully saturated rings. The number of anilines is 1. The lowest BCUT2D eigenvalue weighted by Gasteiger charge is -2.06. The molecule has 0 bridgehead atoms. The van der Waals surface area contributed by atoms with Crippen LogP contribution in [0.25, 0.3) is 0 Å². The number of carboxylic acids is 1. The number of hydrogen-bond donors (Lipinski definition) is 2. The summed E-state index contributed by atoms with van der Waals surface area (Å²) in [5.74, 6) is -2.69. The van der Waals surface area contributed by atoms with Crippen molar-refractivity contribution in [1.29, 1.82) is 0 Å². The fourth-order valence-electron chi connectivity index (χ4n) is 2.16. The van der Waals surface area contributed by atoms with Gasteiger partial charge in [0.15, 0.2) is 10.7 Å². The van der Waals surface area contributed by atoms with Gasteiger partial charge >= 0.3 is 17.9 Å². The molecule has 2 N–H and O–H groups in total. The molecule has 0 saturated heterocycles. The van der Waals surface area contributed by atoms with Crippen LogP contribution in [0.2, 0.25) is 0 Å². The zero-order chi connectivity index (χ0) is 23.2. The summed E-state index contributed by atoms with van der Waals surface area (Å²) < 4.78 is 9.73. The average molecular weight is 451 g/mol. The molecule has 2 aromatic rings. The monoisotopic (exact) mass is 450 g/mol. The van der Waals surface area contributed by atoms with Crippen molar-refractivity contribution < 1.29 is 29.0 Å². The fourth-order valence-corrected chi connectivity index (χ4v) is 3.12. The molecule has 10 nitrogen and oxygen atoms in total. The summed E-state index contributed by atoms with van der Waals surface area (Å²) in [5.41, 5.74) is 0.854. The number of carboxylic acid groups (broad SMARTS) is 1. The van der Waals surface area contributed by atoms with E-state index >= 15 is 0 Å². The second-order valence-electron chi connectivity index (χ2n) is 5.62. The quantitative estimate of drug-likeness (QED) is 0.253. The molecule has 0 aliphatic heterocycles.